The number of rotatable bonds is 2. The largest absolute Gasteiger partial charge is 0.307 e. The number of aromatic amines is 1. The number of benzene rings is 2. The van der Waals surface area contributed by atoms with Gasteiger partial charge in [-0.25, -0.2) is 18.1 Å². The fourth-order valence-electron chi connectivity index (χ4n) is 4.20. The van der Waals surface area contributed by atoms with Crippen molar-refractivity contribution < 1.29 is 8.42 Å². The van der Waals surface area contributed by atoms with Gasteiger partial charge in [-0.1, -0.05) is 23.7 Å². The number of hydrogen-bond donors (Lipinski definition) is 2. The van der Waals surface area contributed by atoms with Gasteiger partial charge in [0.1, 0.15) is 10.5 Å². The molecule has 0 amide bonds. The lowest BCUT2D eigenvalue weighted by atomic mass is 9.93. The van der Waals surface area contributed by atoms with Crippen LogP contribution in [0.1, 0.15) is 16.7 Å². The zero-order valence-electron chi connectivity index (χ0n) is 17.4. The van der Waals surface area contributed by atoms with Crippen LogP contribution in [0.2, 0.25) is 5.02 Å². The molecule has 0 saturated heterocycles. The summed E-state index contributed by atoms with van der Waals surface area (Å²) in [4.78, 5) is 19.5. The first-order chi connectivity index (χ1) is 15.8. The number of fused-ring (bicyclic) bond motifs is 2. The van der Waals surface area contributed by atoms with Crippen LogP contribution in [0.4, 0.5) is 0 Å². The molecule has 0 atom stereocenters. The van der Waals surface area contributed by atoms with Gasteiger partial charge in [-0.15, -0.1) is 0 Å². The van der Waals surface area contributed by atoms with E-state index in [0.717, 1.165) is 11.1 Å². The highest BCUT2D eigenvalue weighted by Gasteiger charge is 2.27. The third kappa shape index (κ3) is 3.60. The van der Waals surface area contributed by atoms with Gasteiger partial charge in [0.15, 0.2) is 0 Å². The van der Waals surface area contributed by atoms with Crippen molar-refractivity contribution in [2.24, 2.45) is 0 Å². The lowest BCUT2D eigenvalue weighted by Crippen LogP contribution is -2.32. The van der Waals surface area contributed by atoms with E-state index < -0.39 is 10.0 Å². The maximum absolute atomic E-state index is 12.5. The maximum atomic E-state index is 12.5. The molecule has 33 heavy (non-hydrogen) atoms. The molecule has 4 aromatic rings. The van der Waals surface area contributed by atoms with Crippen LogP contribution in [0.25, 0.3) is 33.4 Å². The molecular formula is C24H17ClN4O3S. The van der Waals surface area contributed by atoms with E-state index in [4.69, 9.17) is 16.6 Å². The van der Waals surface area contributed by atoms with E-state index >= 15 is 0 Å². The molecule has 1 aliphatic heterocycles. The van der Waals surface area contributed by atoms with Gasteiger partial charge in [-0.05, 0) is 60.4 Å². The van der Waals surface area contributed by atoms with Crippen molar-refractivity contribution in [1.29, 1.82) is 5.26 Å². The highest BCUT2D eigenvalue weighted by Crippen LogP contribution is 2.39. The van der Waals surface area contributed by atoms with E-state index in [1.807, 2.05) is 25.1 Å². The van der Waals surface area contributed by atoms with Crippen molar-refractivity contribution in [1.82, 2.24) is 14.7 Å². The summed E-state index contributed by atoms with van der Waals surface area (Å²) >= 11 is 6.47. The van der Waals surface area contributed by atoms with Gasteiger partial charge < -0.3 is 4.98 Å². The van der Waals surface area contributed by atoms with Crippen molar-refractivity contribution in [3.8, 4) is 28.5 Å². The Bertz CT molecular complexity index is 1670. The highest BCUT2D eigenvalue weighted by atomic mass is 35.5. The quantitative estimate of drug-likeness (QED) is 0.455. The summed E-state index contributed by atoms with van der Waals surface area (Å²) in [5, 5.41) is 10.3. The Morgan fingerprint density at radius 3 is 2.73 bits per heavy atom. The third-order valence-electron chi connectivity index (χ3n) is 5.80. The third-order valence-corrected chi connectivity index (χ3v) is 7.82. The molecule has 1 aliphatic rings. The molecule has 9 heteroatoms. The Balaban J connectivity index is 1.85. The highest BCUT2D eigenvalue weighted by molar-refractivity contribution is 7.89. The van der Waals surface area contributed by atoms with Gasteiger partial charge in [0.05, 0.1) is 22.3 Å². The van der Waals surface area contributed by atoms with E-state index in [1.165, 1.54) is 6.07 Å². The average molecular weight is 477 g/mol. The molecule has 164 valence electrons. The Morgan fingerprint density at radius 1 is 1.12 bits per heavy atom. The van der Waals surface area contributed by atoms with Crippen molar-refractivity contribution >= 4 is 32.7 Å². The zero-order valence-corrected chi connectivity index (χ0v) is 19.0. The molecule has 0 aliphatic carbocycles. The molecule has 0 radical (unpaired) electrons. The number of aromatic nitrogens is 2. The topological polar surface area (TPSA) is 116 Å². The number of nitrogens with zero attached hydrogens (tertiary/aromatic N) is 2. The van der Waals surface area contributed by atoms with Gasteiger partial charge in [-0.3, -0.25) is 4.79 Å². The minimum Gasteiger partial charge on any atom is -0.307 e. The lowest BCUT2D eigenvalue weighted by molar-refractivity contribution is 0.573. The second kappa shape index (κ2) is 7.81. The van der Waals surface area contributed by atoms with Crippen LogP contribution < -0.4 is 10.3 Å². The summed E-state index contributed by atoms with van der Waals surface area (Å²) < 4.78 is 27.5. The van der Waals surface area contributed by atoms with Crippen molar-refractivity contribution in [2.75, 3.05) is 6.54 Å². The van der Waals surface area contributed by atoms with E-state index in [0.29, 0.717) is 51.9 Å². The normalized spacial score (nSPS) is 14.6. The number of nitrogens with one attached hydrogen (secondary N) is 2. The zero-order chi connectivity index (χ0) is 23.3. The Labute approximate surface area is 194 Å². The number of H-pyrrole nitrogens is 1. The van der Waals surface area contributed by atoms with Gasteiger partial charge in [0.2, 0.25) is 15.6 Å². The van der Waals surface area contributed by atoms with E-state index in [2.05, 4.69) is 15.8 Å². The van der Waals surface area contributed by atoms with Crippen LogP contribution in [-0.2, 0) is 16.4 Å². The van der Waals surface area contributed by atoms with Gasteiger partial charge in [0.25, 0.3) is 0 Å². The smallest absolute Gasteiger partial charge is 0.249 e. The number of sulfonamides is 1. The van der Waals surface area contributed by atoms with Gasteiger partial charge in [-0.2, -0.15) is 5.26 Å². The average Bonchev–Trinajstić information content (AvgIpc) is 2.77. The second-order valence-corrected chi connectivity index (χ2v) is 9.94. The SMILES string of the molecule is Cc1c(C#N)cccc1-c1nc2[nH]c(=O)ccc2cc1-c1cc(Cl)c2c(c1)CCNS2(=O)=O. The fourth-order valence-corrected chi connectivity index (χ4v) is 6.08. The lowest BCUT2D eigenvalue weighted by Gasteiger charge is -2.21. The summed E-state index contributed by atoms with van der Waals surface area (Å²) in [7, 11) is -3.66. The number of pyridine rings is 2. The van der Waals surface area contributed by atoms with E-state index in [9.17, 15) is 18.5 Å². The minimum absolute atomic E-state index is 0.0986. The van der Waals surface area contributed by atoms with Crippen molar-refractivity contribution in [3.63, 3.8) is 0 Å². The molecular weight excluding hydrogens is 460 g/mol. The monoisotopic (exact) mass is 476 g/mol. The molecule has 5 rings (SSSR count). The van der Waals surface area contributed by atoms with Crippen LogP contribution in [-0.4, -0.2) is 24.9 Å². The minimum atomic E-state index is -3.66. The number of halogens is 1. The Kier molecular flexibility index (Phi) is 5.05. The maximum Gasteiger partial charge on any atom is 0.249 e. The van der Waals surface area contributed by atoms with Crippen LogP contribution >= 0.6 is 11.6 Å². The molecule has 0 spiro atoms. The fraction of sp³-hybridized carbons (Fsp3) is 0.125. The first-order valence-electron chi connectivity index (χ1n) is 10.1. The van der Waals surface area contributed by atoms with Crippen LogP contribution in [0.15, 0.2) is 58.2 Å². The number of nitriles is 1. The first kappa shape index (κ1) is 21.3. The van der Waals surface area contributed by atoms with Crippen LogP contribution in [0.3, 0.4) is 0 Å². The molecule has 3 heterocycles. The standard InChI is InChI=1S/C24H17ClN4O3S/c1-13-16(12-26)3-2-4-18(13)22-19(10-15-5-6-21(30)28-24(15)29-22)17-9-14-7-8-27-33(31,32)23(14)20(25)11-17/h2-6,9-11,27H,7-8H2,1H3,(H,28,29,30). The summed E-state index contributed by atoms with van der Waals surface area (Å²) in [5.74, 6) is 0. The Morgan fingerprint density at radius 2 is 1.94 bits per heavy atom. The molecule has 2 aromatic carbocycles. The van der Waals surface area contributed by atoms with Crippen LogP contribution in [0, 0.1) is 18.3 Å². The molecule has 2 aromatic heterocycles. The molecule has 0 bridgehead atoms. The predicted molar refractivity (Wildman–Crippen MR) is 127 cm³/mol. The Hall–Kier alpha value is -3.51. The van der Waals surface area contributed by atoms with Gasteiger partial charge >= 0.3 is 0 Å². The second-order valence-electron chi connectivity index (χ2n) is 7.83. The van der Waals surface area contributed by atoms with Crippen molar-refractivity contribution in [3.05, 3.63) is 80.6 Å². The van der Waals surface area contributed by atoms with Crippen molar-refractivity contribution in [2.45, 2.75) is 18.2 Å². The first-order valence-corrected chi connectivity index (χ1v) is 12.0. The summed E-state index contributed by atoms with van der Waals surface area (Å²) in [6, 6.07) is 16.0. The summed E-state index contributed by atoms with van der Waals surface area (Å²) in [6.07, 6.45) is 0.509. The van der Waals surface area contributed by atoms with Gasteiger partial charge in [0, 0.05) is 29.1 Å². The van der Waals surface area contributed by atoms with Crippen LogP contribution in [0.5, 0.6) is 0 Å². The van der Waals surface area contributed by atoms with E-state index in [1.54, 1.807) is 24.3 Å². The molecule has 2 N–H and O–H groups in total. The number of hydrogen-bond acceptors (Lipinski definition) is 5. The molecule has 0 saturated carbocycles. The molecule has 0 unspecified atom stereocenters. The molecule has 0 fully saturated rings. The predicted octanol–water partition coefficient (Wildman–Crippen LogP) is 3.93. The van der Waals surface area contributed by atoms with E-state index in [-0.39, 0.29) is 15.5 Å². The summed E-state index contributed by atoms with van der Waals surface area (Å²) in [6.45, 7) is 2.14. The summed E-state index contributed by atoms with van der Waals surface area (Å²) in [5.41, 5.74) is 4.76. The molecule has 7 nitrogen and oxygen atoms in total.